The average molecular weight is 207 g/mol. The molecule has 0 spiro atoms. The molecule has 1 saturated heterocycles. The van der Waals surface area contributed by atoms with Crippen LogP contribution in [0.25, 0.3) is 0 Å². The highest BCUT2D eigenvalue weighted by molar-refractivity contribution is 5.48. The number of anilines is 1. The van der Waals surface area contributed by atoms with Crippen molar-refractivity contribution in [1.82, 2.24) is 0 Å². The lowest BCUT2D eigenvalue weighted by molar-refractivity contribution is 0.0232. The second-order valence-corrected chi connectivity index (χ2v) is 4.10. The molecule has 0 bridgehead atoms. The predicted molar refractivity (Wildman–Crippen MR) is 60.2 cm³/mol. The van der Waals surface area contributed by atoms with Crippen LogP contribution < -0.4 is 5.32 Å². The van der Waals surface area contributed by atoms with Crippen molar-refractivity contribution in [2.75, 3.05) is 11.9 Å². The fraction of sp³-hybridized carbons (Fsp3) is 0.500. The first-order valence-corrected chi connectivity index (χ1v) is 5.41. The maximum Gasteiger partial charge on any atom is 0.117 e. The van der Waals surface area contributed by atoms with Crippen molar-refractivity contribution in [3.63, 3.8) is 0 Å². The van der Waals surface area contributed by atoms with Crippen molar-refractivity contribution >= 4 is 5.69 Å². The molecule has 2 N–H and O–H groups in total. The first-order valence-electron chi connectivity index (χ1n) is 5.41. The molecule has 2 rings (SSSR count). The standard InChI is InChI=1S/C12H17NO2/c1-9-7-11(5-6-15-9)13-10-3-2-4-12(14)8-10/h2-4,8-9,11,13-14H,5-7H2,1H3. The Labute approximate surface area is 90.1 Å². The summed E-state index contributed by atoms with van der Waals surface area (Å²) in [6, 6.07) is 7.70. The number of hydrogen-bond donors (Lipinski definition) is 2. The maximum atomic E-state index is 9.33. The number of hydrogen-bond acceptors (Lipinski definition) is 3. The van der Waals surface area contributed by atoms with Gasteiger partial charge in [0.1, 0.15) is 5.75 Å². The van der Waals surface area contributed by atoms with Gasteiger partial charge < -0.3 is 15.2 Å². The van der Waals surface area contributed by atoms with Crippen LogP contribution in [-0.4, -0.2) is 23.9 Å². The summed E-state index contributed by atoms with van der Waals surface area (Å²) in [4.78, 5) is 0. The number of nitrogens with one attached hydrogen (secondary N) is 1. The van der Waals surface area contributed by atoms with Crippen LogP contribution in [-0.2, 0) is 4.74 Å². The van der Waals surface area contributed by atoms with E-state index in [1.165, 1.54) is 0 Å². The molecule has 0 saturated carbocycles. The lowest BCUT2D eigenvalue weighted by Crippen LogP contribution is -2.32. The van der Waals surface area contributed by atoms with Crippen molar-refractivity contribution in [3.05, 3.63) is 24.3 Å². The molecule has 82 valence electrons. The summed E-state index contributed by atoms with van der Waals surface area (Å²) in [5, 5.41) is 12.7. The zero-order valence-electron chi connectivity index (χ0n) is 8.94. The monoisotopic (exact) mass is 207 g/mol. The van der Waals surface area contributed by atoms with E-state index in [1.807, 2.05) is 12.1 Å². The van der Waals surface area contributed by atoms with Gasteiger partial charge >= 0.3 is 0 Å². The molecule has 2 atom stereocenters. The Balaban J connectivity index is 1.96. The average Bonchev–Trinajstić information content (AvgIpc) is 2.17. The highest BCUT2D eigenvalue weighted by atomic mass is 16.5. The van der Waals surface area contributed by atoms with E-state index < -0.39 is 0 Å². The summed E-state index contributed by atoms with van der Waals surface area (Å²) < 4.78 is 5.48. The van der Waals surface area contributed by atoms with E-state index >= 15 is 0 Å². The molecule has 1 aromatic rings. The summed E-state index contributed by atoms with van der Waals surface area (Å²) in [6.07, 6.45) is 2.38. The topological polar surface area (TPSA) is 41.5 Å². The number of benzene rings is 1. The minimum atomic E-state index is 0.306. The van der Waals surface area contributed by atoms with Gasteiger partial charge in [-0.3, -0.25) is 0 Å². The van der Waals surface area contributed by atoms with Crippen LogP contribution in [0.4, 0.5) is 5.69 Å². The van der Waals surface area contributed by atoms with Crippen molar-refractivity contribution in [2.24, 2.45) is 0 Å². The molecule has 1 aliphatic heterocycles. The summed E-state index contributed by atoms with van der Waals surface area (Å²) in [5.41, 5.74) is 0.981. The smallest absolute Gasteiger partial charge is 0.117 e. The Morgan fingerprint density at radius 3 is 3.07 bits per heavy atom. The first kappa shape index (κ1) is 10.3. The summed E-state index contributed by atoms with van der Waals surface area (Å²) in [6.45, 7) is 2.91. The van der Waals surface area contributed by atoms with E-state index in [0.717, 1.165) is 25.1 Å². The van der Waals surface area contributed by atoms with E-state index in [-0.39, 0.29) is 0 Å². The molecule has 3 nitrogen and oxygen atoms in total. The molecule has 0 amide bonds. The summed E-state index contributed by atoms with van der Waals surface area (Å²) >= 11 is 0. The number of phenols is 1. The molecule has 0 aromatic heterocycles. The van der Waals surface area contributed by atoms with Gasteiger partial charge in [-0.2, -0.15) is 0 Å². The molecule has 0 radical (unpaired) electrons. The Kier molecular flexibility index (Phi) is 3.11. The van der Waals surface area contributed by atoms with Gasteiger partial charge in [0.15, 0.2) is 0 Å². The van der Waals surface area contributed by atoms with Crippen molar-refractivity contribution < 1.29 is 9.84 Å². The predicted octanol–water partition coefficient (Wildman–Crippen LogP) is 2.37. The minimum absolute atomic E-state index is 0.306. The third-order valence-electron chi connectivity index (χ3n) is 2.70. The number of aromatic hydroxyl groups is 1. The molecule has 15 heavy (non-hydrogen) atoms. The molecular weight excluding hydrogens is 190 g/mol. The van der Waals surface area contributed by atoms with Crippen LogP contribution >= 0.6 is 0 Å². The second kappa shape index (κ2) is 4.53. The summed E-state index contributed by atoms with van der Waals surface area (Å²) in [7, 11) is 0. The molecule has 2 unspecified atom stereocenters. The van der Waals surface area contributed by atoms with E-state index in [2.05, 4.69) is 12.2 Å². The normalized spacial score (nSPS) is 26.2. The van der Waals surface area contributed by atoms with Crippen LogP contribution in [0.15, 0.2) is 24.3 Å². The van der Waals surface area contributed by atoms with Gasteiger partial charge in [-0.1, -0.05) is 6.07 Å². The molecule has 1 aromatic carbocycles. The molecule has 1 aliphatic rings. The van der Waals surface area contributed by atoms with E-state index in [9.17, 15) is 5.11 Å². The SMILES string of the molecule is CC1CC(Nc2cccc(O)c2)CCO1. The van der Waals surface area contributed by atoms with Gasteiger partial charge in [0.2, 0.25) is 0 Å². The largest absolute Gasteiger partial charge is 0.508 e. The zero-order chi connectivity index (χ0) is 10.7. The Bertz CT molecular complexity index is 327. The van der Waals surface area contributed by atoms with Crippen LogP contribution in [0.5, 0.6) is 5.75 Å². The second-order valence-electron chi connectivity index (χ2n) is 4.10. The molecule has 1 fully saturated rings. The van der Waals surface area contributed by atoms with Crippen LogP contribution in [0, 0.1) is 0 Å². The zero-order valence-corrected chi connectivity index (χ0v) is 8.94. The van der Waals surface area contributed by atoms with Gasteiger partial charge in [-0.15, -0.1) is 0 Å². The lowest BCUT2D eigenvalue weighted by Gasteiger charge is -2.28. The Hall–Kier alpha value is -1.22. The highest BCUT2D eigenvalue weighted by Crippen LogP contribution is 2.21. The van der Waals surface area contributed by atoms with E-state index in [0.29, 0.717) is 17.9 Å². The molecule has 1 heterocycles. The molecule has 0 aliphatic carbocycles. The van der Waals surface area contributed by atoms with Crippen LogP contribution in [0.3, 0.4) is 0 Å². The first-order chi connectivity index (χ1) is 7.24. The van der Waals surface area contributed by atoms with E-state index in [4.69, 9.17) is 4.74 Å². The third-order valence-corrected chi connectivity index (χ3v) is 2.70. The van der Waals surface area contributed by atoms with Crippen molar-refractivity contribution in [1.29, 1.82) is 0 Å². The third kappa shape index (κ3) is 2.86. The van der Waals surface area contributed by atoms with Crippen molar-refractivity contribution in [3.8, 4) is 5.75 Å². The summed E-state index contributed by atoms with van der Waals surface area (Å²) in [5.74, 6) is 0.306. The maximum absolute atomic E-state index is 9.33. The van der Waals surface area contributed by atoms with Gasteiger partial charge in [0, 0.05) is 24.4 Å². The minimum Gasteiger partial charge on any atom is -0.508 e. The Morgan fingerprint density at radius 2 is 2.33 bits per heavy atom. The van der Waals surface area contributed by atoms with Gasteiger partial charge in [-0.25, -0.2) is 0 Å². The number of ether oxygens (including phenoxy) is 1. The highest BCUT2D eigenvalue weighted by Gasteiger charge is 2.18. The fourth-order valence-electron chi connectivity index (χ4n) is 1.96. The molecule has 3 heteroatoms. The molecular formula is C12H17NO2. The van der Waals surface area contributed by atoms with Crippen molar-refractivity contribution in [2.45, 2.75) is 31.9 Å². The number of phenolic OH excluding ortho intramolecular Hbond substituents is 1. The van der Waals surface area contributed by atoms with E-state index in [1.54, 1.807) is 12.1 Å². The van der Waals surface area contributed by atoms with Crippen LogP contribution in [0.1, 0.15) is 19.8 Å². The Morgan fingerprint density at radius 1 is 1.47 bits per heavy atom. The number of rotatable bonds is 2. The van der Waals surface area contributed by atoms with Gasteiger partial charge in [0.25, 0.3) is 0 Å². The fourth-order valence-corrected chi connectivity index (χ4v) is 1.96. The quantitative estimate of drug-likeness (QED) is 0.782. The lowest BCUT2D eigenvalue weighted by atomic mass is 10.0. The van der Waals surface area contributed by atoms with Crippen LogP contribution in [0.2, 0.25) is 0 Å². The van der Waals surface area contributed by atoms with Gasteiger partial charge in [-0.05, 0) is 31.9 Å². The van der Waals surface area contributed by atoms with Gasteiger partial charge in [0.05, 0.1) is 6.10 Å².